The highest BCUT2D eigenvalue weighted by Gasteiger charge is 2.02. The van der Waals surface area contributed by atoms with Crippen molar-refractivity contribution in [3.63, 3.8) is 0 Å². The van der Waals surface area contributed by atoms with E-state index in [1.807, 2.05) is 10.6 Å². The number of amides is 4. The van der Waals surface area contributed by atoms with Crippen LogP contribution in [-0.4, -0.2) is 48.8 Å². The highest BCUT2D eigenvalue weighted by atomic mass is 16.3. The lowest BCUT2D eigenvalue weighted by Crippen LogP contribution is -2.42. The Labute approximate surface area is 94.4 Å². The zero-order valence-corrected chi connectivity index (χ0v) is 8.25. The van der Waals surface area contributed by atoms with E-state index in [0.717, 1.165) is 19.5 Å². The number of carbonyl (C=O) groups excluding carboxylic acids is 2. The summed E-state index contributed by atoms with van der Waals surface area (Å²) in [4.78, 5) is 20.3. The third-order valence-corrected chi connectivity index (χ3v) is 1.40. The van der Waals surface area contributed by atoms with Gasteiger partial charge in [0.1, 0.15) is 13.5 Å². The van der Waals surface area contributed by atoms with Crippen LogP contribution in [0.25, 0.3) is 0 Å². The molecule has 1 saturated heterocycles. The van der Waals surface area contributed by atoms with E-state index in [1.54, 1.807) is 0 Å². The Morgan fingerprint density at radius 1 is 1.19 bits per heavy atom. The van der Waals surface area contributed by atoms with Gasteiger partial charge < -0.3 is 31.5 Å². The molecule has 1 heterocycles. The lowest BCUT2D eigenvalue weighted by molar-refractivity contribution is 0.201. The zero-order chi connectivity index (χ0) is 11.5. The molecule has 0 atom stereocenters. The lowest BCUT2D eigenvalue weighted by atomic mass is 10.4. The predicted octanol–water partition coefficient (Wildman–Crippen LogP) is -1.49. The molecular formula is C8H20N4O4. The first kappa shape index (κ1) is 16.9. The Morgan fingerprint density at radius 2 is 1.62 bits per heavy atom. The Morgan fingerprint density at radius 3 is 1.88 bits per heavy atom. The molecule has 0 unspecified atom stereocenters. The number of hydrogen-bond acceptors (Lipinski definition) is 4. The van der Waals surface area contributed by atoms with Crippen molar-refractivity contribution in [2.24, 2.45) is 0 Å². The van der Waals surface area contributed by atoms with Crippen molar-refractivity contribution >= 4 is 12.1 Å². The number of aliphatic hydroxyl groups is 2. The third kappa shape index (κ3) is 10.5. The summed E-state index contributed by atoms with van der Waals surface area (Å²) in [6, 6.07) is -0.624. The zero-order valence-electron chi connectivity index (χ0n) is 8.25. The van der Waals surface area contributed by atoms with Crippen LogP contribution in [0, 0.1) is 0 Å². The van der Waals surface area contributed by atoms with Gasteiger partial charge in [0.05, 0.1) is 0 Å². The van der Waals surface area contributed by atoms with E-state index in [4.69, 9.17) is 10.2 Å². The molecule has 4 amide bonds. The maximum Gasteiger partial charge on any atom is 0.318 e. The molecule has 0 aromatic rings. The molecule has 0 aromatic heterocycles. The molecule has 8 heteroatoms. The molecule has 0 bridgehead atoms. The number of nitrogens with one attached hydrogen (secondary N) is 4. The van der Waals surface area contributed by atoms with Crippen molar-refractivity contribution in [1.29, 1.82) is 0 Å². The van der Waals surface area contributed by atoms with Gasteiger partial charge in [0.2, 0.25) is 0 Å². The van der Waals surface area contributed by atoms with Crippen LogP contribution in [-0.2, 0) is 0 Å². The Kier molecular flexibility index (Phi) is 12.2. The fraction of sp³-hybridized carbons (Fsp3) is 0.750. The summed E-state index contributed by atoms with van der Waals surface area (Å²) in [7, 11) is 0. The number of urea groups is 2. The Balaban J connectivity index is 0. The molecule has 6 N–H and O–H groups in total. The minimum Gasteiger partial charge on any atom is -0.376 e. The van der Waals surface area contributed by atoms with Gasteiger partial charge in [0.25, 0.3) is 0 Å². The number of rotatable bonds is 2. The molecule has 1 fully saturated rings. The van der Waals surface area contributed by atoms with Crippen molar-refractivity contribution in [2.45, 2.75) is 13.8 Å². The van der Waals surface area contributed by atoms with E-state index < -0.39 is 19.5 Å². The van der Waals surface area contributed by atoms with Crippen molar-refractivity contribution in [1.82, 2.24) is 21.3 Å². The molecule has 0 saturated carbocycles. The highest BCUT2D eigenvalue weighted by Crippen LogP contribution is 1.79. The minimum atomic E-state index is -0.588. The van der Waals surface area contributed by atoms with Crippen LogP contribution in [0.1, 0.15) is 13.8 Å². The van der Waals surface area contributed by atoms with Crippen LogP contribution in [0.4, 0.5) is 9.59 Å². The monoisotopic (exact) mass is 236 g/mol. The van der Waals surface area contributed by atoms with E-state index in [1.165, 1.54) is 0 Å². The molecule has 1 aliphatic rings. The van der Waals surface area contributed by atoms with E-state index in [0.29, 0.717) is 0 Å². The second-order valence-corrected chi connectivity index (χ2v) is 2.54. The van der Waals surface area contributed by atoms with Gasteiger partial charge >= 0.3 is 12.1 Å². The summed E-state index contributed by atoms with van der Waals surface area (Å²) in [5, 5.41) is 25.3. The topological polar surface area (TPSA) is 123 Å². The van der Waals surface area contributed by atoms with Gasteiger partial charge in [-0.05, 0) is 6.42 Å². The molecule has 1 aliphatic heterocycles. The molecule has 0 spiro atoms. The van der Waals surface area contributed by atoms with Crippen LogP contribution in [0.15, 0.2) is 0 Å². The fourth-order valence-corrected chi connectivity index (χ4v) is 0.761. The van der Waals surface area contributed by atoms with E-state index >= 15 is 0 Å². The largest absolute Gasteiger partial charge is 0.376 e. The van der Waals surface area contributed by atoms with E-state index in [9.17, 15) is 9.59 Å². The second kappa shape index (κ2) is 11.5. The summed E-state index contributed by atoms with van der Waals surface area (Å²) in [5.74, 6) is 0. The van der Waals surface area contributed by atoms with Gasteiger partial charge in [-0.1, -0.05) is 7.43 Å². The first-order valence-corrected chi connectivity index (χ1v) is 4.45. The highest BCUT2D eigenvalue weighted by molar-refractivity contribution is 5.74. The standard InChI is InChI=1S/C4H8N2O.C3H8N2O3.CH4/c7-4-5-2-1-3-6-4;6-1-4-3(8)5-2-7;/h1-3H2,(H2,5,6,7);6-7H,1-2H2,(H2,4,5,8);1H4. The van der Waals surface area contributed by atoms with Crippen molar-refractivity contribution in [3.8, 4) is 0 Å². The fourth-order valence-electron chi connectivity index (χ4n) is 0.761. The SMILES string of the molecule is C.O=C(NCO)NCO.O=C1NCCCN1. The summed E-state index contributed by atoms with van der Waals surface area (Å²) >= 11 is 0. The summed E-state index contributed by atoms with van der Waals surface area (Å²) in [6.07, 6.45) is 1.05. The molecule has 0 aromatic carbocycles. The first-order chi connectivity index (χ1) is 7.20. The van der Waals surface area contributed by atoms with Crippen molar-refractivity contribution < 1.29 is 19.8 Å². The lowest BCUT2D eigenvalue weighted by Gasteiger charge is -2.11. The van der Waals surface area contributed by atoms with Crippen molar-refractivity contribution in [3.05, 3.63) is 0 Å². The van der Waals surface area contributed by atoms with Crippen LogP contribution in [0.5, 0.6) is 0 Å². The smallest absolute Gasteiger partial charge is 0.318 e. The van der Waals surface area contributed by atoms with Crippen LogP contribution < -0.4 is 21.3 Å². The molecule has 1 rings (SSSR count). The number of hydrogen-bond donors (Lipinski definition) is 6. The quantitative estimate of drug-likeness (QED) is 0.327. The second-order valence-electron chi connectivity index (χ2n) is 2.54. The average Bonchev–Trinajstić information content (AvgIpc) is 2.20. The number of aliphatic hydroxyl groups excluding tert-OH is 2. The molecule has 0 radical (unpaired) electrons. The third-order valence-electron chi connectivity index (χ3n) is 1.40. The summed E-state index contributed by atoms with van der Waals surface area (Å²) < 4.78 is 0. The van der Waals surface area contributed by atoms with Gasteiger partial charge in [-0.15, -0.1) is 0 Å². The molecule has 16 heavy (non-hydrogen) atoms. The Bertz CT molecular complexity index is 184. The van der Waals surface area contributed by atoms with Gasteiger partial charge in [-0.25, -0.2) is 9.59 Å². The van der Waals surface area contributed by atoms with E-state index in [-0.39, 0.29) is 13.5 Å². The van der Waals surface area contributed by atoms with Gasteiger partial charge in [0.15, 0.2) is 0 Å². The summed E-state index contributed by atoms with van der Waals surface area (Å²) in [6.45, 7) is 0.801. The Hall–Kier alpha value is -1.54. The summed E-state index contributed by atoms with van der Waals surface area (Å²) in [5.41, 5.74) is 0. The number of carbonyl (C=O) groups is 2. The maximum atomic E-state index is 10.2. The van der Waals surface area contributed by atoms with Gasteiger partial charge in [-0.3, -0.25) is 0 Å². The van der Waals surface area contributed by atoms with E-state index in [2.05, 4.69) is 10.6 Å². The van der Waals surface area contributed by atoms with Gasteiger partial charge in [-0.2, -0.15) is 0 Å². The molecule has 0 aliphatic carbocycles. The average molecular weight is 236 g/mol. The van der Waals surface area contributed by atoms with Crippen LogP contribution >= 0.6 is 0 Å². The normalized spacial score (nSPS) is 13.0. The molecular weight excluding hydrogens is 216 g/mol. The van der Waals surface area contributed by atoms with Crippen LogP contribution in [0.2, 0.25) is 0 Å². The van der Waals surface area contributed by atoms with Gasteiger partial charge in [0, 0.05) is 13.1 Å². The van der Waals surface area contributed by atoms with Crippen molar-refractivity contribution in [2.75, 3.05) is 26.6 Å². The first-order valence-electron chi connectivity index (χ1n) is 4.45. The maximum absolute atomic E-state index is 10.2. The predicted molar refractivity (Wildman–Crippen MR) is 58.6 cm³/mol. The molecule has 8 nitrogen and oxygen atoms in total. The van der Waals surface area contributed by atoms with Crippen LogP contribution in [0.3, 0.4) is 0 Å². The molecule has 96 valence electrons. The minimum absolute atomic E-state index is 0.